The van der Waals surface area contributed by atoms with Crippen molar-refractivity contribution in [2.75, 3.05) is 0 Å². The second-order valence-corrected chi connectivity index (χ2v) is 15.2. The van der Waals surface area contributed by atoms with Gasteiger partial charge in [-0.3, -0.25) is 14.6 Å². The number of benzene rings is 4. The molecule has 2 N–H and O–H groups in total. The quantitative estimate of drug-likeness (QED) is 0.125. The fourth-order valence-corrected chi connectivity index (χ4v) is 7.78. The normalized spacial score (nSPS) is 11.4. The van der Waals surface area contributed by atoms with Gasteiger partial charge in [-0.1, -0.05) is 81.1 Å². The van der Waals surface area contributed by atoms with Crippen LogP contribution < -0.4 is 11.1 Å². The van der Waals surface area contributed by atoms with Crippen molar-refractivity contribution in [2.24, 2.45) is 0 Å². The van der Waals surface area contributed by atoms with Crippen LogP contribution in [0.5, 0.6) is 0 Å². The number of aromatic nitrogens is 9. The second-order valence-electron chi connectivity index (χ2n) is 14.4. The van der Waals surface area contributed by atoms with E-state index in [4.69, 9.17) is 36.8 Å². The molecule has 0 unspecified atom stereocenters. The van der Waals surface area contributed by atoms with E-state index in [0.29, 0.717) is 62.7 Å². The molecule has 0 amide bonds. The van der Waals surface area contributed by atoms with E-state index in [2.05, 4.69) is 63.6 Å². The minimum absolute atomic E-state index is 0.232. The van der Waals surface area contributed by atoms with Gasteiger partial charge in [0.1, 0.15) is 0 Å². The molecule has 0 aliphatic rings. The Morgan fingerprint density at radius 2 is 1.15 bits per heavy atom. The minimum Gasteiger partial charge on any atom is -0.339 e. The van der Waals surface area contributed by atoms with Crippen LogP contribution in [0.25, 0.3) is 67.2 Å². The Morgan fingerprint density at radius 3 is 1.79 bits per heavy atom. The first-order valence-electron chi connectivity index (χ1n) is 19.2. The molecule has 0 aliphatic heterocycles. The maximum absolute atomic E-state index is 11.7. The number of nitrogens with zero attached hydrogens (tertiary/aromatic N) is 7. The van der Waals surface area contributed by atoms with Crippen LogP contribution in [0.15, 0.2) is 151 Å². The van der Waals surface area contributed by atoms with Crippen molar-refractivity contribution in [1.82, 2.24) is 45.4 Å². The molecule has 0 atom stereocenters. The van der Waals surface area contributed by atoms with Gasteiger partial charge < -0.3 is 23.5 Å². The van der Waals surface area contributed by atoms with Crippen molar-refractivity contribution in [1.29, 1.82) is 0 Å². The van der Waals surface area contributed by atoms with Crippen LogP contribution >= 0.6 is 23.2 Å². The van der Waals surface area contributed by atoms with Crippen LogP contribution in [0.1, 0.15) is 34.4 Å². The first kappa shape index (κ1) is 38.4. The van der Waals surface area contributed by atoms with Gasteiger partial charge in [0.05, 0.1) is 19.3 Å². The van der Waals surface area contributed by atoms with Gasteiger partial charge in [0.15, 0.2) is 0 Å². The summed E-state index contributed by atoms with van der Waals surface area (Å²) in [5, 5.41) is 15.5. The summed E-state index contributed by atoms with van der Waals surface area (Å²) < 4.78 is 17.0. The Kier molecular flexibility index (Phi) is 10.1. The predicted octanol–water partition coefficient (Wildman–Crippen LogP) is 9.17. The highest BCUT2D eigenvalue weighted by molar-refractivity contribution is 6.34. The summed E-state index contributed by atoms with van der Waals surface area (Å²) in [6.07, 6.45) is 7.38. The second kappa shape index (κ2) is 16.3. The molecule has 0 aliphatic carbocycles. The Labute approximate surface area is 360 Å². The summed E-state index contributed by atoms with van der Waals surface area (Å²) in [4.78, 5) is 46.5. The highest BCUT2D eigenvalue weighted by Gasteiger charge is 2.20. The van der Waals surface area contributed by atoms with E-state index in [9.17, 15) is 9.59 Å². The first-order valence-corrected chi connectivity index (χ1v) is 19.9. The molecule has 16 heteroatoms. The van der Waals surface area contributed by atoms with E-state index in [1.807, 2.05) is 60.7 Å². The highest BCUT2D eigenvalue weighted by atomic mass is 35.5. The molecule has 62 heavy (non-hydrogen) atoms. The van der Waals surface area contributed by atoms with Gasteiger partial charge in [-0.05, 0) is 92.7 Å². The summed E-state index contributed by atoms with van der Waals surface area (Å²) in [5.41, 5.74) is 7.43. The minimum atomic E-state index is -0.240. The van der Waals surface area contributed by atoms with Crippen LogP contribution in [0, 0.1) is 0 Å². The predicted molar refractivity (Wildman–Crippen MR) is 231 cm³/mol. The SMILES string of the molecule is O=c1ccc(-c2noc(Cc3cc(Cl)cc(-c4cc(Cl)c(-c5cccc6ccc(Cc7nc(-c8ccncc8)no7)cc56)cc4Cc4nc(-c5ccc(=O)[nH]c5)no4)c3)n2)c[nH]1. The number of hydrogen-bond acceptors (Lipinski definition) is 12. The van der Waals surface area contributed by atoms with Crippen molar-refractivity contribution in [3.05, 3.63) is 193 Å². The molecule has 10 rings (SSSR count). The number of rotatable bonds is 11. The number of aromatic amines is 2. The molecular weight excluding hydrogens is 829 g/mol. The van der Waals surface area contributed by atoms with Gasteiger partial charge in [-0.25, -0.2) is 0 Å². The fourth-order valence-electron chi connectivity index (χ4n) is 7.26. The van der Waals surface area contributed by atoms with Gasteiger partial charge in [-0.2, -0.15) is 15.0 Å². The molecule has 10 aromatic rings. The van der Waals surface area contributed by atoms with Crippen LogP contribution in [-0.4, -0.2) is 45.4 Å². The van der Waals surface area contributed by atoms with E-state index in [0.717, 1.165) is 55.3 Å². The molecule has 0 saturated carbocycles. The summed E-state index contributed by atoms with van der Waals surface area (Å²) in [6.45, 7) is 0. The van der Waals surface area contributed by atoms with Gasteiger partial charge in [0.2, 0.25) is 46.3 Å². The third-order valence-electron chi connectivity index (χ3n) is 10.2. The zero-order valence-corrected chi connectivity index (χ0v) is 33.7. The van der Waals surface area contributed by atoms with Crippen LogP contribution in [0.2, 0.25) is 10.0 Å². The lowest BCUT2D eigenvalue weighted by Crippen LogP contribution is -2.01. The topological polar surface area (TPSA) is 195 Å². The third-order valence-corrected chi connectivity index (χ3v) is 10.7. The van der Waals surface area contributed by atoms with E-state index >= 15 is 0 Å². The lowest BCUT2D eigenvalue weighted by Gasteiger charge is -2.16. The van der Waals surface area contributed by atoms with Crippen LogP contribution in [-0.2, 0) is 19.3 Å². The maximum atomic E-state index is 11.7. The van der Waals surface area contributed by atoms with Gasteiger partial charge in [0.25, 0.3) is 0 Å². The number of nitrogens with one attached hydrogen (secondary N) is 2. The number of H-pyrrole nitrogens is 2. The molecule has 0 spiro atoms. The van der Waals surface area contributed by atoms with E-state index in [-0.39, 0.29) is 24.0 Å². The Hall–Kier alpha value is -7.81. The van der Waals surface area contributed by atoms with Crippen molar-refractivity contribution in [3.8, 4) is 56.4 Å². The Bertz CT molecular complexity index is 3350. The maximum Gasteiger partial charge on any atom is 0.247 e. The molecule has 302 valence electrons. The molecular formula is C46H29Cl2N9O5. The average Bonchev–Trinajstić information content (AvgIpc) is 4.07. The average molecular weight is 859 g/mol. The molecule has 6 aromatic heterocycles. The number of fused-ring (bicyclic) bond motifs is 1. The van der Waals surface area contributed by atoms with Crippen molar-refractivity contribution in [2.45, 2.75) is 19.3 Å². The van der Waals surface area contributed by atoms with E-state index in [1.165, 1.54) is 24.5 Å². The molecule has 0 bridgehead atoms. The first-order chi connectivity index (χ1) is 30.3. The smallest absolute Gasteiger partial charge is 0.247 e. The lowest BCUT2D eigenvalue weighted by atomic mass is 9.90. The van der Waals surface area contributed by atoms with E-state index < -0.39 is 0 Å². The largest absolute Gasteiger partial charge is 0.339 e. The number of halogens is 2. The molecule has 0 fully saturated rings. The van der Waals surface area contributed by atoms with Gasteiger partial charge in [-0.15, -0.1) is 0 Å². The van der Waals surface area contributed by atoms with Crippen molar-refractivity contribution >= 4 is 34.0 Å². The molecule has 0 saturated heterocycles. The Morgan fingerprint density at radius 1 is 0.516 bits per heavy atom. The summed E-state index contributed by atoms with van der Waals surface area (Å²) in [5.74, 6) is 2.34. The molecule has 0 radical (unpaired) electrons. The highest BCUT2D eigenvalue weighted by Crippen LogP contribution is 2.40. The Balaban J connectivity index is 1.03. The van der Waals surface area contributed by atoms with Gasteiger partial charge >= 0.3 is 0 Å². The van der Waals surface area contributed by atoms with Crippen molar-refractivity contribution in [3.63, 3.8) is 0 Å². The van der Waals surface area contributed by atoms with E-state index in [1.54, 1.807) is 24.5 Å². The standard InChI is InChI=1S/C46H29Cl2N9O5/c47-33-15-26(18-42-53-45(56-61-42)29-6-8-39(58)50-23-29)14-31(19-33)35-22-38(48)37(20-32(35)21-43-54-46(57-62-43)30-7-9-40(59)51-24-30)34-3-1-2-27-5-4-25(16-36(27)34)17-41-52-44(55-60-41)28-10-12-49-13-11-28/h1-16,19-20,22-24H,17-18,21H2,(H,50,58)(H,51,59). The van der Waals surface area contributed by atoms with Crippen LogP contribution in [0.3, 0.4) is 0 Å². The molecule has 6 heterocycles. The zero-order chi connectivity index (χ0) is 42.2. The third kappa shape index (κ3) is 8.07. The van der Waals surface area contributed by atoms with Crippen molar-refractivity contribution < 1.29 is 13.6 Å². The molecule has 4 aromatic carbocycles. The summed E-state index contributed by atoms with van der Waals surface area (Å²) >= 11 is 14.1. The number of hydrogen-bond donors (Lipinski definition) is 2. The summed E-state index contributed by atoms with van der Waals surface area (Å²) in [7, 11) is 0. The summed E-state index contributed by atoms with van der Waals surface area (Å²) in [6, 6.07) is 31.7. The number of pyridine rings is 3. The monoisotopic (exact) mass is 857 g/mol. The van der Waals surface area contributed by atoms with Crippen LogP contribution in [0.4, 0.5) is 0 Å². The fraction of sp³-hybridized carbons (Fsp3) is 0.0652. The lowest BCUT2D eigenvalue weighted by molar-refractivity contribution is 0.385. The zero-order valence-electron chi connectivity index (χ0n) is 32.2. The molecule has 14 nitrogen and oxygen atoms in total. The van der Waals surface area contributed by atoms with Gasteiger partial charge in [0, 0.05) is 69.2 Å².